The van der Waals surface area contributed by atoms with Gasteiger partial charge in [0, 0.05) is 13.1 Å². The van der Waals surface area contributed by atoms with Crippen molar-refractivity contribution in [3.8, 4) is 0 Å². The summed E-state index contributed by atoms with van der Waals surface area (Å²) in [4.78, 5) is 2.41. The maximum absolute atomic E-state index is 5.94. The van der Waals surface area contributed by atoms with E-state index in [0.29, 0.717) is 0 Å². The summed E-state index contributed by atoms with van der Waals surface area (Å²) < 4.78 is 0. The Labute approximate surface area is 104 Å². The predicted octanol–water partition coefficient (Wildman–Crippen LogP) is 2.33. The van der Waals surface area contributed by atoms with Crippen molar-refractivity contribution in [2.45, 2.75) is 19.8 Å². The van der Waals surface area contributed by atoms with Crippen molar-refractivity contribution in [1.82, 2.24) is 4.90 Å². The quantitative estimate of drug-likeness (QED) is 0.784. The van der Waals surface area contributed by atoms with Crippen LogP contribution in [0.3, 0.4) is 0 Å². The molecule has 1 heterocycles. The normalized spacial score (nSPS) is 20.7. The minimum absolute atomic E-state index is 0.846. The van der Waals surface area contributed by atoms with Crippen LogP contribution in [0.4, 0.5) is 11.4 Å². The first-order chi connectivity index (χ1) is 8.15. The number of nitrogens with one attached hydrogen (secondary N) is 1. The van der Waals surface area contributed by atoms with Crippen molar-refractivity contribution in [3.63, 3.8) is 0 Å². The van der Waals surface area contributed by atoms with Crippen LogP contribution in [0.5, 0.6) is 0 Å². The lowest BCUT2D eigenvalue weighted by Gasteiger charge is -2.13. The van der Waals surface area contributed by atoms with Gasteiger partial charge in [0.2, 0.25) is 0 Å². The lowest BCUT2D eigenvalue weighted by Crippen LogP contribution is -2.16. The molecule has 1 fully saturated rings. The third-order valence-electron chi connectivity index (χ3n) is 3.57. The van der Waals surface area contributed by atoms with Gasteiger partial charge in [0.15, 0.2) is 0 Å². The highest BCUT2D eigenvalue weighted by Crippen LogP contribution is 2.21. The van der Waals surface area contributed by atoms with Gasteiger partial charge in [-0.1, -0.05) is 6.07 Å². The Morgan fingerprint density at radius 2 is 2.29 bits per heavy atom. The molecule has 1 atom stereocenters. The van der Waals surface area contributed by atoms with Crippen LogP contribution in [0.2, 0.25) is 0 Å². The number of hydrogen-bond acceptors (Lipinski definition) is 3. The van der Waals surface area contributed by atoms with Gasteiger partial charge in [-0.15, -0.1) is 0 Å². The molecule has 0 bridgehead atoms. The SMILES string of the molecule is Cc1ccc(N)c(NCCC2CCN(C)C2)c1. The molecule has 3 heteroatoms. The highest BCUT2D eigenvalue weighted by molar-refractivity contribution is 5.66. The van der Waals surface area contributed by atoms with E-state index in [1.807, 2.05) is 12.1 Å². The molecule has 3 nitrogen and oxygen atoms in total. The number of hydrogen-bond donors (Lipinski definition) is 2. The number of nitrogens with zero attached hydrogens (tertiary/aromatic N) is 1. The van der Waals surface area contributed by atoms with Gasteiger partial charge in [-0.2, -0.15) is 0 Å². The minimum atomic E-state index is 0.846. The Balaban J connectivity index is 1.80. The van der Waals surface area contributed by atoms with Crippen molar-refractivity contribution in [2.75, 3.05) is 37.7 Å². The first kappa shape index (κ1) is 12.2. The van der Waals surface area contributed by atoms with Crippen molar-refractivity contribution in [2.24, 2.45) is 5.92 Å². The van der Waals surface area contributed by atoms with E-state index >= 15 is 0 Å². The summed E-state index contributed by atoms with van der Waals surface area (Å²) in [5, 5.41) is 3.45. The molecule has 3 N–H and O–H groups in total. The molecule has 94 valence electrons. The summed E-state index contributed by atoms with van der Waals surface area (Å²) in [6, 6.07) is 6.14. The van der Waals surface area contributed by atoms with Crippen LogP contribution in [-0.4, -0.2) is 31.6 Å². The molecule has 1 aliphatic rings. The zero-order valence-corrected chi connectivity index (χ0v) is 10.9. The zero-order chi connectivity index (χ0) is 12.3. The van der Waals surface area contributed by atoms with Crippen LogP contribution in [0.25, 0.3) is 0 Å². The number of likely N-dealkylation sites (tertiary alicyclic amines) is 1. The molecular formula is C14H23N3. The molecule has 1 unspecified atom stereocenters. The van der Waals surface area contributed by atoms with Crippen molar-refractivity contribution < 1.29 is 0 Å². The van der Waals surface area contributed by atoms with Gasteiger partial charge in [-0.3, -0.25) is 0 Å². The number of benzene rings is 1. The second kappa shape index (κ2) is 5.41. The number of rotatable bonds is 4. The first-order valence-corrected chi connectivity index (χ1v) is 6.43. The molecule has 0 aromatic heterocycles. The second-order valence-corrected chi connectivity index (χ2v) is 5.22. The molecule has 17 heavy (non-hydrogen) atoms. The van der Waals surface area contributed by atoms with E-state index < -0.39 is 0 Å². The van der Waals surface area contributed by atoms with Crippen LogP contribution in [0, 0.1) is 12.8 Å². The van der Waals surface area contributed by atoms with Crippen LogP contribution < -0.4 is 11.1 Å². The third-order valence-corrected chi connectivity index (χ3v) is 3.57. The fourth-order valence-electron chi connectivity index (χ4n) is 2.50. The van der Waals surface area contributed by atoms with Gasteiger partial charge in [0.05, 0.1) is 11.4 Å². The third kappa shape index (κ3) is 3.37. The van der Waals surface area contributed by atoms with E-state index in [2.05, 4.69) is 30.3 Å². The van der Waals surface area contributed by atoms with Gasteiger partial charge < -0.3 is 16.0 Å². The summed E-state index contributed by atoms with van der Waals surface area (Å²) >= 11 is 0. The smallest absolute Gasteiger partial charge is 0.0576 e. The maximum Gasteiger partial charge on any atom is 0.0576 e. The van der Waals surface area contributed by atoms with Crippen LogP contribution in [0.15, 0.2) is 18.2 Å². The Morgan fingerprint density at radius 1 is 1.47 bits per heavy atom. The molecule has 1 aliphatic heterocycles. The molecule has 0 aliphatic carbocycles. The van der Waals surface area contributed by atoms with Crippen molar-refractivity contribution in [1.29, 1.82) is 0 Å². The van der Waals surface area contributed by atoms with Gasteiger partial charge in [-0.05, 0) is 57.0 Å². The monoisotopic (exact) mass is 233 g/mol. The van der Waals surface area contributed by atoms with Crippen LogP contribution >= 0.6 is 0 Å². The van der Waals surface area contributed by atoms with Gasteiger partial charge in [0.1, 0.15) is 0 Å². The van der Waals surface area contributed by atoms with Crippen LogP contribution in [-0.2, 0) is 0 Å². The standard InChI is InChI=1S/C14H23N3/c1-11-3-4-13(15)14(9-11)16-7-5-12-6-8-17(2)10-12/h3-4,9,12,16H,5-8,10,15H2,1-2H3. The molecule has 0 saturated carbocycles. The van der Waals surface area contributed by atoms with E-state index in [-0.39, 0.29) is 0 Å². The molecule has 0 spiro atoms. The van der Waals surface area contributed by atoms with Crippen molar-refractivity contribution in [3.05, 3.63) is 23.8 Å². The largest absolute Gasteiger partial charge is 0.397 e. The van der Waals surface area contributed by atoms with E-state index in [9.17, 15) is 0 Å². The first-order valence-electron chi connectivity index (χ1n) is 6.43. The Hall–Kier alpha value is -1.22. The Bertz CT molecular complexity index is 376. The lowest BCUT2D eigenvalue weighted by molar-refractivity contribution is 0.390. The van der Waals surface area contributed by atoms with E-state index in [1.165, 1.54) is 31.5 Å². The Kier molecular flexibility index (Phi) is 3.89. The minimum Gasteiger partial charge on any atom is -0.397 e. The summed E-state index contributed by atoms with van der Waals surface area (Å²) in [5.41, 5.74) is 9.11. The fourth-order valence-corrected chi connectivity index (χ4v) is 2.50. The number of nitrogens with two attached hydrogens (primary N) is 1. The van der Waals surface area contributed by atoms with Crippen LogP contribution in [0.1, 0.15) is 18.4 Å². The summed E-state index contributed by atoms with van der Waals surface area (Å²) in [7, 11) is 2.20. The number of nitrogen functional groups attached to an aromatic ring is 1. The zero-order valence-electron chi connectivity index (χ0n) is 10.9. The summed E-state index contributed by atoms with van der Waals surface area (Å²) in [6.45, 7) is 5.60. The van der Waals surface area contributed by atoms with Gasteiger partial charge >= 0.3 is 0 Å². The maximum atomic E-state index is 5.94. The lowest BCUT2D eigenvalue weighted by atomic mass is 10.1. The van der Waals surface area contributed by atoms with E-state index in [4.69, 9.17) is 5.73 Å². The molecule has 0 radical (unpaired) electrons. The number of anilines is 2. The van der Waals surface area contributed by atoms with E-state index in [1.54, 1.807) is 0 Å². The Morgan fingerprint density at radius 3 is 3.00 bits per heavy atom. The number of aryl methyl sites for hydroxylation is 1. The average Bonchev–Trinajstić information content (AvgIpc) is 2.69. The molecule has 0 amide bonds. The second-order valence-electron chi connectivity index (χ2n) is 5.22. The molecule has 1 saturated heterocycles. The van der Waals surface area contributed by atoms with Gasteiger partial charge in [0.25, 0.3) is 0 Å². The fraction of sp³-hybridized carbons (Fsp3) is 0.571. The molecular weight excluding hydrogens is 210 g/mol. The summed E-state index contributed by atoms with van der Waals surface area (Å²) in [5.74, 6) is 0.846. The van der Waals surface area contributed by atoms with E-state index in [0.717, 1.165) is 23.8 Å². The molecule has 1 aromatic rings. The van der Waals surface area contributed by atoms with Crippen molar-refractivity contribution >= 4 is 11.4 Å². The topological polar surface area (TPSA) is 41.3 Å². The molecule has 1 aromatic carbocycles. The molecule has 2 rings (SSSR count). The summed E-state index contributed by atoms with van der Waals surface area (Å²) in [6.07, 6.45) is 2.57. The van der Waals surface area contributed by atoms with Gasteiger partial charge in [-0.25, -0.2) is 0 Å². The average molecular weight is 233 g/mol. The predicted molar refractivity (Wildman–Crippen MR) is 74.3 cm³/mol. The highest BCUT2D eigenvalue weighted by atomic mass is 15.1. The highest BCUT2D eigenvalue weighted by Gasteiger charge is 2.18.